The van der Waals surface area contributed by atoms with Crippen LogP contribution in [0.5, 0.6) is 5.75 Å². The SMILES string of the molecule is CC(=O)[C@@H](CN1CCCCC1)[C@H](c1ccccc1)c1c(O)c2ccccc2oc1=O. The molecule has 1 aliphatic heterocycles. The number of nitrogens with zero attached hydrogens (tertiary/aromatic N) is 1. The summed E-state index contributed by atoms with van der Waals surface area (Å²) in [6.45, 7) is 4.03. The lowest BCUT2D eigenvalue weighted by Crippen LogP contribution is -2.39. The minimum Gasteiger partial charge on any atom is -0.507 e. The normalized spacial score (nSPS) is 17.0. The molecule has 0 aliphatic carbocycles. The first kappa shape index (κ1) is 20.4. The summed E-state index contributed by atoms with van der Waals surface area (Å²) >= 11 is 0. The number of likely N-dealkylation sites (tertiary alicyclic amines) is 1. The van der Waals surface area contributed by atoms with E-state index >= 15 is 0 Å². The molecule has 1 saturated heterocycles. The van der Waals surface area contributed by atoms with Gasteiger partial charge >= 0.3 is 5.63 Å². The van der Waals surface area contributed by atoms with Crippen LogP contribution < -0.4 is 5.63 Å². The molecule has 2 heterocycles. The highest BCUT2D eigenvalue weighted by molar-refractivity contribution is 5.86. The average Bonchev–Trinajstić information content (AvgIpc) is 2.76. The number of rotatable bonds is 6. The lowest BCUT2D eigenvalue weighted by Gasteiger charge is -2.33. The summed E-state index contributed by atoms with van der Waals surface area (Å²) in [5.41, 5.74) is 0.737. The fourth-order valence-electron chi connectivity index (χ4n) is 4.57. The molecular weight excluding hydrogens is 378 g/mol. The van der Waals surface area contributed by atoms with Gasteiger partial charge in [-0.25, -0.2) is 4.79 Å². The number of para-hydroxylation sites is 1. The molecule has 1 fully saturated rings. The van der Waals surface area contributed by atoms with Crippen molar-refractivity contribution in [2.75, 3.05) is 19.6 Å². The first-order valence-corrected chi connectivity index (χ1v) is 10.6. The Kier molecular flexibility index (Phi) is 6.00. The van der Waals surface area contributed by atoms with Crippen molar-refractivity contribution in [3.8, 4) is 5.75 Å². The Balaban J connectivity index is 1.87. The van der Waals surface area contributed by atoms with Gasteiger partial charge in [0.2, 0.25) is 0 Å². The van der Waals surface area contributed by atoms with E-state index in [9.17, 15) is 14.7 Å². The average molecular weight is 405 g/mol. The molecule has 0 amide bonds. The van der Waals surface area contributed by atoms with Crippen LogP contribution in [-0.2, 0) is 4.79 Å². The van der Waals surface area contributed by atoms with Gasteiger partial charge in [-0.1, -0.05) is 48.9 Å². The highest BCUT2D eigenvalue weighted by Gasteiger charge is 2.35. The lowest BCUT2D eigenvalue weighted by molar-refractivity contribution is -0.121. The van der Waals surface area contributed by atoms with E-state index in [1.54, 1.807) is 31.2 Å². The zero-order chi connectivity index (χ0) is 21.1. The first-order valence-electron chi connectivity index (χ1n) is 10.6. The summed E-state index contributed by atoms with van der Waals surface area (Å²) < 4.78 is 5.56. The van der Waals surface area contributed by atoms with Crippen LogP contribution in [0.1, 0.15) is 43.2 Å². The minimum absolute atomic E-state index is 0.00128. The molecule has 156 valence electrons. The van der Waals surface area contributed by atoms with Crippen LogP contribution >= 0.6 is 0 Å². The van der Waals surface area contributed by atoms with Crippen LogP contribution in [0.2, 0.25) is 0 Å². The van der Waals surface area contributed by atoms with Gasteiger partial charge in [-0.15, -0.1) is 0 Å². The summed E-state index contributed by atoms with van der Waals surface area (Å²) in [5, 5.41) is 11.6. The van der Waals surface area contributed by atoms with E-state index in [2.05, 4.69) is 4.90 Å². The number of aromatic hydroxyl groups is 1. The molecule has 0 radical (unpaired) electrons. The number of carbonyl (C=O) groups is 1. The predicted octanol–water partition coefficient (Wildman–Crippen LogP) is 4.32. The summed E-state index contributed by atoms with van der Waals surface area (Å²) in [7, 11) is 0. The number of hydrogen-bond acceptors (Lipinski definition) is 5. The minimum atomic E-state index is -0.593. The second kappa shape index (κ2) is 8.84. The highest BCUT2D eigenvalue weighted by Crippen LogP contribution is 2.39. The summed E-state index contributed by atoms with van der Waals surface area (Å²) in [5.74, 6) is -1.13. The molecule has 1 N–H and O–H groups in total. The van der Waals surface area contributed by atoms with Crippen LogP contribution in [0.4, 0.5) is 0 Å². The molecule has 5 nitrogen and oxygen atoms in total. The molecule has 30 heavy (non-hydrogen) atoms. The molecular formula is C25H27NO4. The smallest absolute Gasteiger partial charge is 0.343 e. The standard InChI is InChI=1S/C25H27NO4/c1-17(27)20(16-26-14-8-3-9-15-26)22(18-10-4-2-5-11-18)23-24(28)19-12-6-7-13-21(19)30-25(23)29/h2,4-7,10-13,20,22,28H,3,8-9,14-16H2,1H3/t20-,22+/m1/s1. The lowest BCUT2D eigenvalue weighted by atomic mass is 9.78. The van der Waals surface area contributed by atoms with E-state index in [1.807, 2.05) is 30.3 Å². The summed E-state index contributed by atoms with van der Waals surface area (Å²) in [6, 6.07) is 16.4. The number of fused-ring (bicyclic) bond motifs is 1. The quantitative estimate of drug-likeness (QED) is 0.619. The molecule has 3 aromatic rings. The molecule has 2 atom stereocenters. The van der Waals surface area contributed by atoms with Gasteiger partial charge in [0, 0.05) is 18.4 Å². The van der Waals surface area contributed by atoms with Crippen LogP contribution in [0.25, 0.3) is 11.0 Å². The van der Waals surface area contributed by atoms with Gasteiger partial charge < -0.3 is 14.4 Å². The highest BCUT2D eigenvalue weighted by atomic mass is 16.4. The second-order valence-electron chi connectivity index (χ2n) is 8.11. The van der Waals surface area contributed by atoms with Crippen LogP contribution in [0.3, 0.4) is 0 Å². The molecule has 1 aromatic heterocycles. The number of piperidine rings is 1. The monoisotopic (exact) mass is 405 g/mol. The van der Waals surface area contributed by atoms with Gasteiger partial charge in [-0.05, 0) is 50.6 Å². The third-order valence-corrected chi connectivity index (χ3v) is 6.12. The van der Waals surface area contributed by atoms with Crippen molar-refractivity contribution in [1.82, 2.24) is 4.90 Å². The molecule has 1 aliphatic rings. The molecule has 4 rings (SSSR count). The number of Topliss-reactive ketones (excluding diaryl/α,β-unsaturated/α-hetero) is 1. The fraction of sp³-hybridized carbons (Fsp3) is 0.360. The number of ketones is 1. The van der Waals surface area contributed by atoms with Gasteiger partial charge in [0.05, 0.1) is 10.9 Å². The van der Waals surface area contributed by atoms with Crippen molar-refractivity contribution >= 4 is 16.8 Å². The Morgan fingerprint density at radius 1 is 1.03 bits per heavy atom. The number of hydrogen-bond donors (Lipinski definition) is 1. The van der Waals surface area contributed by atoms with Crippen molar-refractivity contribution < 1.29 is 14.3 Å². The van der Waals surface area contributed by atoms with E-state index in [0.29, 0.717) is 17.5 Å². The van der Waals surface area contributed by atoms with E-state index in [0.717, 1.165) is 31.5 Å². The maximum Gasteiger partial charge on any atom is 0.343 e. The van der Waals surface area contributed by atoms with E-state index in [1.165, 1.54) is 6.42 Å². The molecule has 0 saturated carbocycles. The third kappa shape index (κ3) is 4.03. The fourth-order valence-corrected chi connectivity index (χ4v) is 4.57. The largest absolute Gasteiger partial charge is 0.507 e. The summed E-state index contributed by atoms with van der Waals surface area (Å²) in [6.07, 6.45) is 3.44. The van der Waals surface area contributed by atoms with Gasteiger partial charge in [0.25, 0.3) is 0 Å². The molecule has 0 unspecified atom stereocenters. The van der Waals surface area contributed by atoms with Crippen molar-refractivity contribution in [2.24, 2.45) is 5.92 Å². The van der Waals surface area contributed by atoms with Crippen LogP contribution in [0.15, 0.2) is 63.8 Å². The maximum atomic E-state index is 13.0. The van der Waals surface area contributed by atoms with Gasteiger partial charge in [0.1, 0.15) is 17.1 Å². The van der Waals surface area contributed by atoms with Crippen LogP contribution in [0, 0.1) is 5.92 Å². The van der Waals surface area contributed by atoms with Gasteiger partial charge in [-0.3, -0.25) is 4.79 Å². The second-order valence-corrected chi connectivity index (χ2v) is 8.11. The molecule has 0 bridgehead atoms. The number of benzene rings is 2. The van der Waals surface area contributed by atoms with Crippen LogP contribution in [-0.4, -0.2) is 35.4 Å². The first-order chi connectivity index (χ1) is 14.6. The Bertz CT molecular complexity index is 1080. The third-order valence-electron chi connectivity index (χ3n) is 6.12. The Morgan fingerprint density at radius 3 is 2.40 bits per heavy atom. The van der Waals surface area contributed by atoms with Crippen molar-refractivity contribution in [3.63, 3.8) is 0 Å². The molecule has 0 spiro atoms. The molecule has 5 heteroatoms. The maximum absolute atomic E-state index is 13.0. The van der Waals surface area contributed by atoms with E-state index in [-0.39, 0.29) is 17.1 Å². The van der Waals surface area contributed by atoms with Crippen molar-refractivity contribution in [2.45, 2.75) is 32.1 Å². The zero-order valence-electron chi connectivity index (χ0n) is 17.2. The van der Waals surface area contributed by atoms with Crippen molar-refractivity contribution in [3.05, 3.63) is 76.1 Å². The molecule has 2 aromatic carbocycles. The van der Waals surface area contributed by atoms with E-state index < -0.39 is 17.5 Å². The van der Waals surface area contributed by atoms with Gasteiger partial charge in [-0.2, -0.15) is 0 Å². The Morgan fingerprint density at radius 2 is 1.70 bits per heavy atom. The topological polar surface area (TPSA) is 70.8 Å². The van der Waals surface area contributed by atoms with E-state index in [4.69, 9.17) is 4.42 Å². The Hall–Kier alpha value is -2.92. The van der Waals surface area contributed by atoms with Crippen molar-refractivity contribution in [1.29, 1.82) is 0 Å². The van der Waals surface area contributed by atoms with Gasteiger partial charge in [0.15, 0.2) is 0 Å². The summed E-state index contributed by atoms with van der Waals surface area (Å²) in [4.78, 5) is 28.2. The predicted molar refractivity (Wildman–Crippen MR) is 117 cm³/mol. The number of carbonyl (C=O) groups excluding carboxylic acids is 1. The zero-order valence-corrected chi connectivity index (χ0v) is 17.2. The Labute approximate surface area is 175 Å².